The number of fused-ring (bicyclic) bond motifs is 1. The number of carbonyl (C=O) groups excluding carboxylic acids is 1. The molecule has 3 rings (SSSR count). The molecule has 2 heterocycles. The van der Waals surface area contributed by atoms with Gasteiger partial charge < -0.3 is 10.3 Å². The minimum absolute atomic E-state index is 0.108. The molecule has 0 unspecified atom stereocenters. The van der Waals surface area contributed by atoms with E-state index >= 15 is 0 Å². The first kappa shape index (κ1) is 14.1. The number of amides is 1. The third kappa shape index (κ3) is 2.43. The van der Waals surface area contributed by atoms with Crippen molar-refractivity contribution in [3.8, 4) is 11.1 Å². The van der Waals surface area contributed by atoms with Crippen LogP contribution >= 0.6 is 27.5 Å². The van der Waals surface area contributed by atoms with Crippen molar-refractivity contribution in [3.63, 3.8) is 0 Å². The highest BCUT2D eigenvalue weighted by molar-refractivity contribution is 9.10. The lowest BCUT2D eigenvalue weighted by Gasteiger charge is -2.04. The third-order valence-corrected chi connectivity index (χ3v) is 4.50. The number of nitrogens with zero attached hydrogens (tertiary/aromatic N) is 1. The Kier molecular flexibility index (Phi) is 3.69. The molecule has 0 aliphatic rings. The zero-order valence-corrected chi connectivity index (χ0v) is 13.4. The lowest BCUT2D eigenvalue weighted by Crippen LogP contribution is -2.17. The van der Waals surface area contributed by atoms with E-state index in [0.29, 0.717) is 10.6 Å². The van der Waals surface area contributed by atoms with Crippen molar-refractivity contribution in [1.82, 2.24) is 15.3 Å². The topological polar surface area (TPSA) is 57.8 Å². The van der Waals surface area contributed by atoms with E-state index in [9.17, 15) is 4.79 Å². The highest BCUT2D eigenvalue weighted by atomic mass is 79.9. The lowest BCUT2D eigenvalue weighted by molar-refractivity contribution is 0.0963. The Labute approximate surface area is 134 Å². The zero-order valence-electron chi connectivity index (χ0n) is 11.1. The normalized spacial score (nSPS) is 10.8. The van der Waals surface area contributed by atoms with Crippen LogP contribution in [-0.2, 0) is 0 Å². The monoisotopic (exact) mass is 363 g/mol. The maximum absolute atomic E-state index is 11.6. The molecular formula is C15H11BrClN3O. The summed E-state index contributed by atoms with van der Waals surface area (Å²) in [6.07, 6.45) is 3.53. The van der Waals surface area contributed by atoms with E-state index in [1.165, 1.54) is 0 Å². The maximum Gasteiger partial charge on any atom is 0.251 e. The molecule has 0 spiro atoms. The summed E-state index contributed by atoms with van der Waals surface area (Å²) >= 11 is 9.74. The van der Waals surface area contributed by atoms with Gasteiger partial charge >= 0.3 is 0 Å². The first-order chi connectivity index (χ1) is 10.1. The molecule has 6 heteroatoms. The number of aromatic nitrogens is 2. The van der Waals surface area contributed by atoms with Crippen molar-refractivity contribution in [2.75, 3.05) is 7.05 Å². The smallest absolute Gasteiger partial charge is 0.251 e. The van der Waals surface area contributed by atoms with E-state index in [1.807, 2.05) is 18.3 Å². The molecule has 2 N–H and O–H groups in total. The van der Waals surface area contributed by atoms with Crippen molar-refractivity contribution in [1.29, 1.82) is 0 Å². The summed E-state index contributed by atoms with van der Waals surface area (Å²) in [5, 5.41) is 4.08. The molecule has 2 aromatic heterocycles. The third-order valence-electron chi connectivity index (χ3n) is 3.28. The minimum Gasteiger partial charge on any atom is -0.355 e. The van der Waals surface area contributed by atoms with E-state index in [1.54, 1.807) is 25.4 Å². The van der Waals surface area contributed by atoms with E-state index in [0.717, 1.165) is 26.6 Å². The quantitative estimate of drug-likeness (QED) is 0.722. The fraction of sp³-hybridized carbons (Fsp3) is 0.0667. The van der Waals surface area contributed by atoms with Crippen LogP contribution in [0.5, 0.6) is 0 Å². The Hall–Kier alpha value is -1.85. The fourth-order valence-corrected chi connectivity index (χ4v) is 2.75. The maximum atomic E-state index is 11.6. The fourth-order valence-electron chi connectivity index (χ4n) is 2.21. The zero-order chi connectivity index (χ0) is 15.0. The highest BCUT2D eigenvalue weighted by Gasteiger charge is 2.13. The van der Waals surface area contributed by atoms with Gasteiger partial charge in [-0.05, 0) is 33.6 Å². The van der Waals surface area contributed by atoms with Crippen LogP contribution in [0, 0.1) is 0 Å². The molecule has 0 fully saturated rings. The Morgan fingerprint density at radius 1 is 1.33 bits per heavy atom. The van der Waals surface area contributed by atoms with Gasteiger partial charge in [0.1, 0.15) is 5.65 Å². The molecule has 0 atom stereocenters. The number of nitrogens with one attached hydrogen (secondary N) is 2. The second-order valence-corrected chi connectivity index (χ2v) is 5.73. The SMILES string of the molecule is CNC(=O)c1ccc(-c2c[nH]c3ncc(Br)c(Cl)c23)cc1. The van der Waals surface area contributed by atoms with Gasteiger partial charge in [-0.1, -0.05) is 23.7 Å². The van der Waals surface area contributed by atoms with Gasteiger partial charge in [0.05, 0.1) is 9.50 Å². The number of pyridine rings is 1. The van der Waals surface area contributed by atoms with Crippen LogP contribution in [0.25, 0.3) is 22.2 Å². The number of rotatable bonds is 2. The largest absolute Gasteiger partial charge is 0.355 e. The lowest BCUT2D eigenvalue weighted by atomic mass is 10.0. The summed E-state index contributed by atoms with van der Waals surface area (Å²) in [5.74, 6) is -0.108. The highest BCUT2D eigenvalue weighted by Crippen LogP contribution is 2.36. The van der Waals surface area contributed by atoms with Crippen molar-refractivity contribution in [2.24, 2.45) is 0 Å². The molecule has 0 saturated heterocycles. The van der Waals surface area contributed by atoms with Crippen LogP contribution in [0.3, 0.4) is 0 Å². The van der Waals surface area contributed by atoms with Crippen LogP contribution in [0.4, 0.5) is 0 Å². The predicted molar refractivity (Wildman–Crippen MR) is 87.6 cm³/mol. The molecule has 3 aromatic rings. The number of carbonyl (C=O) groups is 1. The van der Waals surface area contributed by atoms with Crippen LogP contribution in [0.2, 0.25) is 5.02 Å². The van der Waals surface area contributed by atoms with Crippen molar-refractivity contribution >= 4 is 44.5 Å². The Morgan fingerprint density at radius 3 is 2.71 bits per heavy atom. The van der Waals surface area contributed by atoms with Gasteiger partial charge in [0.15, 0.2) is 0 Å². The van der Waals surface area contributed by atoms with Crippen LogP contribution < -0.4 is 5.32 Å². The van der Waals surface area contributed by atoms with E-state index in [-0.39, 0.29) is 5.91 Å². The van der Waals surface area contributed by atoms with Crippen LogP contribution in [-0.4, -0.2) is 22.9 Å². The molecule has 0 saturated carbocycles. The van der Waals surface area contributed by atoms with E-state index in [2.05, 4.69) is 31.2 Å². The second kappa shape index (κ2) is 5.50. The molecule has 0 bridgehead atoms. The molecule has 1 aromatic carbocycles. The van der Waals surface area contributed by atoms with Gasteiger partial charge in [-0.2, -0.15) is 0 Å². The van der Waals surface area contributed by atoms with Gasteiger partial charge in [-0.15, -0.1) is 0 Å². The molecule has 0 aliphatic carbocycles. The summed E-state index contributed by atoms with van der Waals surface area (Å²) in [6, 6.07) is 7.35. The molecule has 0 aliphatic heterocycles. The van der Waals surface area contributed by atoms with E-state index < -0.39 is 0 Å². The Balaban J connectivity index is 2.12. The first-order valence-electron chi connectivity index (χ1n) is 6.25. The van der Waals surface area contributed by atoms with Crippen LogP contribution in [0.1, 0.15) is 10.4 Å². The standard InChI is InChI=1S/C15H11BrClN3O/c1-18-15(21)9-4-2-8(3-5-9)10-6-19-14-12(10)13(17)11(16)7-20-14/h2-7H,1H3,(H,18,21)(H,19,20). The summed E-state index contributed by atoms with van der Waals surface area (Å²) in [6.45, 7) is 0. The molecule has 1 amide bonds. The first-order valence-corrected chi connectivity index (χ1v) is 7.42. The average molecular weight is 365 g/mol. The van der Waals surface area contributed by atoms with Crippen LogP contribution in [0.15, 0.2) is 41.1 Å². The Morgan fingerprint density at radius 2 is 2.05 bits per heavy atom. The number of hydrogen-bond acceptors (Lipinski definition) is 2. The summed E-state index contributed by atoms with van der Waals surface area (Å²) in [5.41, 5.74) is 3.27. The van der Waals surface area contributed by atoms with E-state index in [4.69, 9.17) is 11.6 Å². The van der Waals surface area contributed by atoms with Gasteiger partial charge in [-0.3, -0.25) is 4.79 Å². The van der Waals surface area contributed by atoms with Crippen molar-refractivity contribution in [3.05, 3.63) is 51.7 Å². The number of hydrogen-bond donors (Lipinski definition) is 2. The second-order valence-electron chi connectivity index (χ2n) is 4.50. The number of benzene rings is 1. The summed E-state index contributed by atoms with van der Waals surface area (Å²) < 4.78 is 0.750. The molecule has 4 nitrogen and oxygen atoms in total. The van der Waals surface area contributed by atoms with Gasteiger partial charge in [0, 0.05) is 36.0 Å². The number of halogens is 2. The molecule has 0 radical (unpaired) electrons. The van der Waals surface area contributed by atoms with Gasteiger partial charge in [0.25, 0.3) is 5.91 Å². The van der Waals surface area contributed by atoms with Crippen molar-refractivity contribution in [2.45, 2.75) is 0 Å². The molecule has 106 valence electrons. The van der Waals surface area contributed by atoms with Gasteiger partial charge in [0.2, 0.25) is 0 Å². The van der Waals surface area contributed by atoms with Gasteiger partial charge in [-0.25, -0.2) is 4.98 Å². The number of aromatic amines is 1. The average Bonchev–Trinajstić information content (AvgIpc) is 2.95. The minimum atomic E-state index is -0.108. The summed E-state index contributed by atoms with van der Waals surface area (Å²) in [4.78, 5) is 19.0. The van der Waals surface area contributed by atoms with Crippen molar-refractivity contribution < 1.29 is 4.79 Å². The Bertz CT molecular complexity index is 827. The molecule has 21 heavy (non-hydrogen) atoms. The predicted octanol–water partition coefficient (Wildman–Crippen LogP) is 4.01. The number of H-pyrrole nitrogens is 1. The molecular weight excluding hydrogens is 354 g/mol. The summed E-state index contributed by atoms with van der Waals surface area (Å²) in [7, 11) is 1.61.